The van der Waals surface area contributed by atoms with Crippen molar-refractivity contribution in [3.8, 4) is 5.75 Å². The van der Waals surface area contributed by atoms with Crippen molar-refractivity contribution in [1.82, 2.24) is 10.2 Å². The van der Waals surface area contributed by atoms with E-state index in [0.717, 1.165) is 28.9 Å². The second kappa shape index (κ2) is 7.87. The van der Waals surface area contributed by atoms with Crippen LogP contribution in [0.2, 0.25) is 5.02 Å². The molecule has 1 spiro atoms. The maximum absolute atomic E-state index is 12.7. The number of hydrogen-bond donors (Lipinski definition) is 1. The van der Waals surface area contributed by atoms with Gasteiger partial charge in [-0.05, 0) is 36.6 Å². The molecule has 2 aliphatic rings. The Kier molecular flexibility index (Phi) is 5.28. The molecule has 0 unspecified atom stereocenters. The lowest BCUT2D eigenvalue weighted by molar-refractivity contribution is -0.141. The Bertz CT molecular complexity index is 955. The highest BCUT2D eigenvalue weighted by Crippen LogP contribution is 2.35. The fraction of sp³-hybridized carbons (Fsp3) is 0.318. The van der Waals surface area contributed by atoms with Gasteiger partial charge in [-0.2, -0.15) is 0 Å². The zero-order valence-electron chi connectivity index (χ0n) is 15.8. The molecule has 0 radical (unpaired) electrons. The molecule has 29 heavy (non-hydrogen) atoms. The van der Waals surface area contributed by atoms with Crippen LogP contribution in [0.15, 0.2) is 48.5 Å². The molecule has 1 aliphatic heterocycles. The molecule has 1 N–H and O–H groups in total. The third-order valence-electron chi connectivity index (χ3n) is 5.47. The number of benzene rings is 2. The fourth-order valence-electron chi connectivity index (χ4n) is 4.02. The minimum atomic E-state index is -0.837. The SMILES string of the molecule is O=C(CN1C(=O)NC2(CCCC2)C1=O)Oc1ccc(Cl)cc1Cc1ccccc1. The number of ether oxygens (including phenoxy) is 1. The standard InChI is InChI=1S/C22H21ClN2O4/c23-17-8-9-18(16(13-17)12-15-6-2-1-3-7-15)29-19(26)14-25-20(27)22(24-21(25)28)10-4-5-11-22/h1-3,6-9,13H,4-5,10-12,14H2,(H,24,28). The van der Waals surface area contributed by atoms with Gasteiger partial charge in [-0.3, -0.25) is 9.69 Å². The molecule has 2 aromatic carbocycles. The van der Waals surface area contributed by atoms with Crippen LogP contribution in [0.3, 0.4) is 0 Å². The normalized spacial score (nSPS) is 17.6. The highest BCUT2D eigenvalue weighted by atomic mass is 35.5. The first-order valence-corrected chi connectivity index (χ1v) is 10.0. The number of imide groups is 1. The highest BCUT2D eigenvalue weighted by Gasteiger charge is 2.52. The quantitative estimate of drug-likeness (QED) is 0.461. The van der Waals surface area contributed by atoms with E-state index in [0.29, 0.717) is 30.0 Å². The first-order chi connectivity index (χ1) is 14.0. The molecule has 3 amide bonds. The van der Waals surface area contributed by atoms with Crippen molar-refractivity contribution in [2.24, 2.45) is 0 Å². The lowest BCUT2D eigenvalue weighted by Crippen LogP contribution is -2.44. The van der Waals surface area contributed by atoms with Crippen LogP contribution < -0.4 is 10.1 Å². The summed E-state index contributed by atoms with van der Waals surface area (Å²) in [5.74, 6) is -0.636. The molecular formula is C22H21ClN2O4. The van der Waals surface area contributed by atoms with Crippen molar-refractivity contribution in [1.29, 1.82) is 0 Å². The Morgan fingerprint density at radius 2 is 1.83 bits per heavy atom. The fourth-order valence-corrected chi connectivity index (χ4v) is 4.22. The number of esters is 1. The van der Waals surface area contributed by atoms with E-state index in [4.69, 9.17) is 16.3 Å². The number of halogens is 1. The summed E-state index contributed by atoms with van der Waals surface area (Å²) < 4.78 is 5.51. The molecule has 1 saturated carbocycles. The number of carbonyl (C=O) groups is 3. The van der Waals surface area contributed by atoms with Crippen molar-refractivity contribution < 1.29 is 19.1 Å². The summed E-state index contributed by atoms with van der Waals surface area (Å²) >= 11 is 6.12. The number of nitrogens with zero attached hydrogens (tertiary/aromatic N) is 1. The van der Waals surface area contributed by atoms with Crippen LogP contribution in [0.25, 0.3) is 0 Å². The zero-order chi connectivity index (χ0) is 20.4. The second-order valence-electron chi connectivity index (χ2n) is 7.50. The van der Waals surface area contributed by atoms with Crippen molar-refractivity contribution in [3.05, 3.63) is 64.7 Å². The van der Waals surface area contributed by atoms with Gasteiger partial charge in [0, 0.05) is 17.0 Å². The van der Waals surface area contributed by atoms with E-state index in [2.05, 4.69) is 5.32 Å². The highest BCUT2D eigenvalue weighted by molar-refractivity contribution is 6.30. The smallest absolute Gasteiger partial charge is 0.331 e. The van der Waals surface area contributed by atoms with Crippen LogP contribution in [0.5, 0.6) is 5.75 Å². The predicted octanol–water partition coefficient (Wildman–Crippen LogP) is 3.70. The summed E-state index contributed by atoms with van der Waals surface area (Å²) in [5.41, 5.74) is 0.960. The van der Waals surface area contributed by atoms with E-state index < -0.39 is 24.1 Å². The van der Waals surface area contributed by atoms with Gasteiger partial charge in [0.1, 0.15) is 17.8 Å². The Morgan fingerprint density at radius 1 is 1.10 bits per heavy atom. The minimum absolute atomic E-state index is 0.336. The van der Waals surface area contributed by atoms with E-state index in [9.17, 15) is 14.4 Å². The molecule has 1 heterocycles. The van der Waals surface area contributed by atoms with Gasteiger partial charge in [0.15, 0.2) is 0 Å². The van der Waals surface area contributed by atoms with Crippen molar-refractivity contribution in [2.75, 3.05) is 6.54 Å². The lowest BCUT2D eigenvalue weighted by atomic mass is 9.98. The van der Waals surface area contributed by atoms with E-state index in [-0.39, 0.29) is 5.91 Å². The van der Waals surface area contributed by atoms with E-state index in [1.54, 1.807) is 18.2 Å². The van der Waals surface area contributed by atoms with Gasteiger partial charge in [-0.25, -0.2) is 9.59 Å². The average molecular weight is 413 g/mol. The third kappa shape index (κ3) is 3.98. The first kappa shape index (κ1) is 19.5. The summed E-state index contributed by atoms with van der Waals surface area (Å²) in [7, 11) is 0. The predicted molar refractivity (Wildman–Crippen MR) is 108 cm³/mol. The molecule has 0 aromatic heterocycles. The van der Waals surface area contributed by atoms with Gasteiger partial charge < -0.3 is 10.1 Å². The van der Waals surface area contributed by atoms with Crippen molar-refractivity contribution >= 4 is 29.5 Å². The van der Waals surface area contributed by atoms with Gasteiger partial charge in [0.05, 0.1) is 0 Å². The minimum Gasteiger partial charge on any atom is -0.425 e. The van der Waals surface area contributed by atoms with E-state index in [1.165, 1.54) is 0 Å². The summed E-state index contributed by atoms with van der Waals surface area (Å²) in [5, 5.41) is 3.30. The third-order valence-corrected chi connectivity index (χ3v) is 5.71. The lowest BCUT2D eigenvalue weighted by Gasteiger charge is -2.19. The van der Waals surface area contributed by atoms with E-state index in [1.807, 2.05) is 30.3 Å². The molecule has 1 aliphatic carbocycles. The maximum atomic E-state index is 12.7. The maximum Gasteiger partial charge on any atom is 0.331 e. The Balaban J connectivity index is 1.47. The summed E-state index contributed by atoms with van der Waals surface area (Å²) in [6.45, 7) is -0.417. The molecule has 4 rings (SSSR count). The number of amides is 3. The monoisotopic (exact) mass is 412 g/mol. The Labute approximate surface area is 173 Å². The number of carbonyl (C=O) groups excluding carboxylic acids is 3. The van der Waals surface area contributed by atoms with Crippen molar-refractivity contribution in [3.63, 3.8) is 0 Å². The summed E-state index contributed by atoms with van der Waals surface area (Å²) in [6.07, 6.45) is 3.54. The van der Waals surface area contributed by atoms with Crippen LogP contribution in [0.1, 0.15) is 36.8 Å². The molecule has 2 fully saturated rings. The van der Waals surface area contributed by atoms with Crippen LogP contribution in [0.4, 0.5) is 4.79 Å². The summed E-state index contributed by atoms with van der Waals surface area (Å²) in [4.78, 5) is 38.4. The molecule has 2 aromatic rings. The first-order valence-electron chi connectivity index (χ1n) is 9.64. The average Bonchev–Trinajstić information content (AvgIpc) is 3.26. The Hall–Kier alpha value is -2.86. The number of nitrogens with one attached hydrogen (secondary N) is 1. The largest absolute Gasteiger partial charge is 0.425 e. The zero-order valence-corrected chi connectivity index (χ0v) is 16.6. The molecule has 0 bridgehead atoms. The van der Waals surface area contributed by atoms with Gasteiger partial charge in [0.25, 0.3) is 5.91 Å². The topological polar surface area (TPSA) is 75.7 Å². The van der Waals surface area contributed by atoms with E-state index >= 15 is 0 Å². The Morgan fingerprint density at radius 3 is 2.55 bits per heavy atom. The van der Waals surface area contributed by atoms with Gasteiger partial charge in [-0.1, -0.05) is 54.8 Å². The number of urea groups is 1. The van der Waals surface area contributed by atoms with Crippen LogP contribution in [-0.4, -0.2) is 34.9 Å². The summed E-state index contributed by atoms with van der Waals surface area (Å²) in [6, 6.07) is 14.2. The van der Waals surface area contributed by atoms with Gasteiger partial charge >= 0.3 is 12.0 Å². The molecule has 6 nitrogen and oxygen atoms in total. The number of rotatable bonds is 5. The molecule has 7 heteroatoms. The van der Waals surface area contributed by atoms with Crippen LogP contribution in [-0.2, 0) is 16.0 Å². The van der Waals surface area contributed by atoms with Gasteiger partial charge in [0.2, 0.25) is 0 Å². The van der Waals surface area contributed by atoms with Gasteiger partial charge in [-0.15, -0.1) is 0 Å². The molecule has 1 saturated heterocycles. The molecule has 0 atom stereocenters. The number of hydrogen-bond acceptors (Lipinski definition) is 4. The second-order valence-corrected chi connectivity index (χ2v) is 7.94. The molecular weight excluding hydrogens is 392 g/mol. The molecule has 150 valence electrons. The van der Waals surface area contributed by atoms with Crippen LogP contribution in [0, 0.1) is 0 Å². The van der Waals surface area contributed by atoms with Crippen molar-refractivity contribution in [2.45, 2.75) is 37.6 Å². The van der Waals surface area contributed by atoms with Crippen LogP contribution >= 0.6 is 11.6 Å².